The molecule has 0 spiro atoms. The standard InChI is InChI=1S/C16H17ClFNS/c1-2-20-14-6-3-11(4-7-14)16(19)10-12-9-13(18)5-8-15(12)17/h3-9,16H,2,10,19H2,1H3. The molecule has 2 N–H and O–H groups in total. The van der Waals surface area contributed by atoms with Gasteiger partial charge in [0, 0.05) is 16.0 Å². The van der Waals surface area contributed by atoms with Gasteiger partial charge in [-0.3, -0.25) is 0 Å². The van der Waals surface area contributed by atoms with E-state index in [2.05, 4.69) is 19.1 Å². The lowest BCUT2D eigenvalue weighted by Crippen LogP contribution is -2.13. The lowest BCUT2D eigenvalue weighted by molar-refractivity contribution is 0.622. The molecule has 2 aromatic carbocycles. The Bertz CT molecular complexity index is 571. The summed E-state index contributed by atoms with van der Waals surface area (Å²) in [5, 5.41) is 0.556. The zero-order valence-electron chi connectivity index (χ0n) is 11.3. The molecule has 0 aliphatic carbocycles. The number of hydrogen-bond donors (Lipinski definition) is 1. The summed E-state index contributed by atoms with van der Waals surface area (Å²) in [6, 6.07) is 12.4. The molecule has 0 fully saturated rings. The topological polar surface area (TPSA) is 26.0 Å². The maximum Gasteiger partial charge on any atom is 0.123 e. The van der Waals surface area contributed by atoms with Crippen LogP contribution in [0.5, 0.6) is 0 Å². The lowest BCUT2D eigenvalue weighted by atomic mass is 10.00. The molecule has 0 aliphatic rings. The SMILES string of the molecule is CCSc1ccc(C(N)Cc2cc(F)ccc2Cl)cc1. The second-order valence-electron chi connectivity index (χ2n) is 4.55. The van der Waals surface area contributed by atoms with Gasteiger partial charge in [0.1, 0.15) is 5.82 Å². The van der Waals surface area contributed by atoms with Gasteiger partial charge in [-0.25, -0.2) is 4.39 Å². The molecule has 0 radical (unpaired) electrons. The molecule has 0 aromatic heterocycles. The van der Waals surface area contributed by atoms with Gasteiger partial charge in [0.2, 0.25) is 0 Å². The maximum atomic E-state index is 13.2. The number of benzene rings is 2. The number of rotatable bonds is 5. The minimum Gasteiger partial charge on any atom is -0.324 e. The predicted octanol–water partition coefficient (Wildman–Crippen LogP) is 4.83. The number of hydrogen-bond acceptors (Lipinski definition) is 2. The highest BCUT2D eigenvalue weighted by Gasteiger charge is 2.10. The van der Waals surface area contributed by atoms with Crippen molar-refractivity contribution in [3.63, 3.8) is 0 Å². The number of halogens is 2. The van der Waals surface area contributed by atoms with Crippen molar-refractivity contribution < 1.29 is 4.39 Å². The summed E-state index contributed by atoms with van der Waals surface area (Å²) in [4.78, 5) is 1.23. The zero-order valence-corrected chi connectivity index (χ0v) is 12.8. The Morgan fingerprint density at radius 2 is 1.90 bits per heavy atom. The molecule has 2 rings (SSSR count). The van der Waals surface area contributed by atoms with Gasteiger partial charge in [-0.1, -0.05) is 30.7 Å². The van der Waals surface area contributed by atoms with Crippen LogP contribution in [0.25, 0.3) is 0 Å². The molecule has 106 valence electrons. The van der Waals surface area contributed by atoms with E-state index in [1.54, 1.807) is 17.8 Å². The van der Waals surface area contributed by atoms with E-state index in [1.165, 1.54) is 17.0 Å². The monoisotopic (exact) mass is 309 g/mol. The largest absolute Gasteiger partial charge is 0.324 e. The first kappa shape index (κ1) is 15.4. The van der Waals surface area contributed by atoms with Crippen molar-refractivity contribution in [1.82, 2.24) is 0 Å². The van der Waals surface area contributed by atoms with Crippen LogP contribution < -0.4 is 5.73 Å². The maximum absolute atomic E-state index is 13.2. The molecule has 0 aliphatic heterocycles. The normalized spacial score (nSPS) is 12.4. The summed E-state index contributed by atoms with van der Waals surface area (Å²) in [5.41, 5.74) is 7.96. The van der Waals surface area contributed by atoms with Crippen LogP contribution in [0.1, 0.15) is 24.1 Å². The third-order valence-corrected chi connectivity index (χ3v) is 4.33. The van der Waals surface area contributed by atoms with E-state index < -0.39 is 0 Å². The Labute approximate surface area is 128 Å². The number of thioether (sulfide) groups is 1. The van der Waals surface area contributed by atoms with Gasteiger partial charge in [-0.05, 0) is 53.6 Å². The van der Waals surface area contributed by atoms with Gasteiger partial charge < -0.3 is 5.73 Å². The molecule has 0 amide bonds. The molecule has 20 heavy (non-hydrogen) atoms. The van der Waals surface area contributed by atoms with E-state index in [0.29, 0.717) is 11.4 Å². The van der Waals surface area contributed by atoms with Crippen LogP contribution in [0, 0.1) is 5.82 Å². The lowest BCUT2D eigenvalue weighted by Gasteiger charge is -2.14. The zero-order chi connectivity index (χ0) is 14.5. The van der Waals surface area contributed by atoms with Crippen molar-refractivity contribution in [3.05, 3.63) is 64.4 Å². The first-order valence-corrected chi connectivity index (χ1v) is 7.88. The smallest absolute Gasteiger partial charge is 0.123 e. The fraction of sp³-hybridized carbons (Fsp3) is 0.250. The van der Waals surface area contributed by atoms with Crippen LogP contribution in [0.4, 0.5) is 4.39 Å². The molecule has 1 atom stereocenters. The molecule has 0 saturated carbocycles. The van der Waals surface area contributed by atoms with E-state index >= 15 is 0 Å². The average molecular weight is 310 g/mol. The first-order valence-electron chi connectivity index (χ1n) is 6.52. The van der Waals surface area contributed by atoms with Crippen molar-refractivity contribution >= 4 is 23.4 Å². The van der Waals surface area contributed by atoms with Crippen LogP contribution in [-0.4, -0.2) is 5.75 Å². The van der Waals surface area contributed by atoms with Crippen LogP contribution in [0.3, 0.4) is 0 Å². The second kappa shape index (κ2) is 7.11. The van der Waals surface area contributed by atoms with Gasteiger partial charge in [-0.2, -0.15) is 0 Å². The number of nitrogens with two attached hydrogens (primary N) is 1. The first-order chi connectivity index (χ1) is 9.60. The summed E-state index contributed by atoms with van der Waals surface area (Å²) >= 11 is 7.86. The molecular weight excluding hydrogens is 293 g/mol. The highest BCUT2D eigenvalue weighted by molar-refractivity contribution is 7.99. The van der Waals surface area contributed by atoms with Crippen molar-refractivity contribution in [2.75, 3.05) is 5.75 Å². The molecule has 0 heterocycles. The molecule has 0 saturated heterocycles. The van der Waals surface area contributed by atoms with Gasteiger partial charge in [0.05, 0.1) is 0 Å². The fourth-order valence-electron chi connectivity index (χ4n) is 2.03. The minimum atomic E-state index is -0.286. The summed E-state index contributed by atoms with van der Waals surface area (Å²) in [5.74, 6) is 0.760. The quantitative estimate of drug-likeness (QED) is 0.800. The van der Waals surface area contributed by atoms with Gasteiger partial charge in [-0.15, -0.1) is 11.8 Å². The van der Waals surface area contributed by atoms with Crippen molar-refractivity contribution in [2.45, 2.75) is 24.3 Å². The van der Waals surface area contributed by atoms with E-state index in [9.17, 15) is 4.39 Å². The van der Waals surface area contributed by atoms with E-state index in [1.807, 2.05) is 12.1 Å². The van der Waals surface area contributed by atoms with Crippen molar-refractivity contribution in [1.29, 1.82) is 0 Å². The van der Waals surface area contributed by atoms with Gasteiger partial charge in [0.25, 0.3) is 0 Å². The summed E-state index contributed by atoms with van der Waals surface area (Å²) in [7, 11) is 0. The predicted molar refractivity (Wildman–Crippen MR) is 84.9 cm³/mol. The molecule has 1 nitrogen and oxygen atoms in total. The Hall–Kier alpha value is -1.03. The van der Waals surface area contributed by atoms with E-state index in [0.717, 1.165) is 16.9 Å². The summed E-state index contributed by atoms with van der Waals surface area (Å²) in [6.07, 6.45) is 0.525. The molecule has 4 heteroatoms. The van der Waals surface area contributed by atoms with Crippen LogP contribution in [-0.2, 0) is 6.42 Å². The van der Waals surface area contributed by atoms with E-state index in [-0.39, 0.29) is 11.9 Å². The summed E-state index contributed by atoms with van der Waals surface area (Å²) in [6.45, 7) is 2.12. The van der Waals surface area contributed by atoms with Crippen LogP contribution in [0.15, 0.2) is 47.4 Å². The molecule has 0 bridgehead atoms. The highest BCUT2D eigenvalue weighted by atomic mass is 35.5. The molecular formula is C16H17ClFNS. The molecule has 2 aromatic rings. The van der Waals surface area contributed by atoms with Gasteiger partial charge >= 0.3 is 0 Å². The Balaban J connectivity index is 2.11. The highest BCUT2D eigenvalue weighted by Crippen LogP contribution is 2.25. The van der Waals surface area contributed by atoms with Crippen LogP contribution in [0.2, 0.25) is 5.02 Å². The average Bonchev–Trinajstić information content (AvgIpc) is 2.44. The third-order valence-electron chi connectivity index (χ3n) is 3.07. The Kier molecular flexibility index (Phi) is 5.46. The Morgan fingerprint density at radius 1 is 1.20 bits per heavy atom. The minimum absolute atomic E-state index is 0.185. The van der Waals surface area contributed by atoms with E-state index in [4.69, 9.17) is 17.3 Å². The molecule has 1 unspecified atom stereocenters. The fourth-order valence-corrected chi connectivity index (χ4v) is 2.89. The second-order valence-corrected chi connectivity index (χ2v) is 6.29. The van der Waals surface area contributed by atoms with Gasteiger partial charge in [0.15, 0.2) is 0 Å². The Morgan fingerprint density at radius 3 is 2.55 bits per heavy atom. The summed E-state index contributed by atoms with van der Waals surface area (Å²) < 4.78 is 13.2. The third kappa shape index (κ3) is 3.98. The van der Waals surface area contributed by atoms with Crippen molar-refractivity contribution in [2.24, 2.45) is 5.73 Å². The van der Waals surface area contributed by atoms with Crippen molar-refractivity contribution in [3.8, 4) is 0 Å². The van der Waals surface area contributed by atoms with Crippen LogP contribution >= 0.6 is 23.4 Å².